The normalized spacial score (nSPS) is 15.9. The molecule has 4 aliphatic rings. The van der Waals surface area contributed by atoms with E-state index in [1.165, 1.54) is 61.7 Å². The highest BCUT2D eigenvalue weighted by Gasteiger charge is 2.40. The number of benzene rings is 9. The summed E-state index contributed by atoms with van der Waals surface area (Å²) >= 11 is 0. The quantitative estimate of drug-likeness (QED) is 0.0795. The van der Waals surface area contributed by atoms with E-state index in [1.807, 2.05) is 18.2 Å². The van der Waals surface area contributed by atoms with Gasteiger partial charge >= 0.3 is 0 Å². The summed E-state index contributed by atoms with van der Waals surface area (Å²) in [5, 5.41) is 0. The standard InChI is InChI=1S/C80H70N4/c1-7-26-61(8-2)81(65-49-53-67(54-50-65)83-73-37-22-18-33-69(73)79(3,4)70-34-19-23-38-74(70)83)63-45-41-59(42-46-63)77(57-27-12-9-13-28-57)78(58-29-14-10-15-30-58)60-43-47-64(48-44-60)82(62-31-16-11-17-32-62)66-51-55-68(56-52-66)84-75-39-24-20-35-71(75)80(5,6)72-36-21-25-40-76(72)84/h7-14,16-18,20-22,24-29,31-56H,1-2,15,19,23,30H2,3-6H3/b61-26+,78-77+. The van der Waals surface area contributed by atoms with Gasteiger partial charge in [-0.15, -0.1) is 0 Å². The molecule has 0 radical (unpaired) electrons. The van der Waals surface area contributed by atoms with E-state index >= 15 is 0 Å². The van der Waals surface area contributed by atoms with Crippen LogP contribution in [0.5, 0.6) is 0 Å². The Morgan fingerprint density at radius 2 is 0.893 bits per heavy atom. The van der Waals surface area contributed by atoms with E-state index in [-0.39, 0.29) is 10.8 Å². The average Bonchev–Trinajstić information content (AvgIpc) is 2.26. The first-order chi connectivity index (χ1) is 41.1. The summed E-state index contributed by atoms with van der Waals surface area (Å²) in [7, 11) is 0. The van der Waals surface area contributed by atoms with E-state index in [0.717, 1.165) is 87.9 Å². The molecule has 4 heteroatoms. The van der Waals surface area contributed by atoms with Gasteiger partial charge in [0, 0.05) is 62.0 Å². The van der Waals surface area contributed by atoms with E-state index in [9.17, 15) is 0 Å². The number of hydrogen-bond donors (Lipinski definition) is 0. The molecule has 9 aromatic carbocycles. The molecule has 0 spiro atoms. The van der Waals surface area contributed by atoms with Crippen LogP contribution in [0.3, 0.4) is 0 Å². The van der Waals surface area contributed by atoms with Crippen LogP contribution >= 0.6 is 0 Å². The van der Waals surface area contributed by atoms with Crippen molar-refractivity contribution in [2.45, 2.75) is 64.2 Å². The van der Waals surface area contributed by atoms with Gasteiger partial charge in [0.05, 0.1) is 17.1 Å². The molecule has 4 nitrogen and oxygen atoms in total. The molecule has 410 valence electrons. The molecule has 0 aromatic heterocycles. The van der Waals surface area contributed by atoms with Crippen molar-refractivity contribution < 1.29 is 0 Å². The van der Waals surface area contributed by atoms with Crippen LogP contribution in [0.15, 0.2) is 315 Å². The second kappa shape index (κ2) is 22.5. The summed E-state index contributed by atoms with van der Waals surface area (Å²) in [5.41, 5.74) is 25.8. The minimum absolute atomic E-state index is 0.0869. The molecule has 13 rings (SSSR count). The highest BCUT2D eigenvalue weighted by Crippen LogP contribution is 2.54. The Labute approximate surface area is 497 Å². The number of para-hydroxylation sites is 4. The lowest BCUT2D eigenvalue weighted by atomic mass is 9.70. The fourth-order valence-corrected chi connectivity index (χ4v) is 13.4. The van der Waals surface area contributed by atoms with Gasteiger partial charge in [0.1, 0.15) is 0 Å². The molecule has 2 aliphatic carbocycles. The molecule has 0 amide bonds. The van der Waals surface area contributed by atoms with Crippen molar-refractivity contribution in [2.75, 3.05) is 19.6 Å². The number of hydrogen-bond acceptors (Lipinski definition) is 4. The smallest absolute Gasteiger partial charge is 0.0502 e. The summed E-state index contributed by atoms with van der Waals surface area (Å²) < 4.78 is 0. The second-order valence-corrected chi connectivity index (χ2v) is 23.2. The van der Waals surface area contributed by atoms with Gasteiger partial charge in [-0.2, -0.15) is 0 Å². The number of anilines is 10. The predicted octanol–water partition coefficient (Wildman–Crippen LogP) is 21.9. The SMILES string of the molecule is C=C/C=C(\C=C)N(c1ccc(/C(=C(\C2=CC=CCC2)c2ccc(N(c3ccccc3)c3ccc(N4c5ccccc5C(C)(C)c5ccccc54)cc3)cc2)c2ccccc2)cc1)c1ccc(N2C3=CCCC=C3C(C)(C)c3ccccc32)cc1. The molecule has 2 heterocycles. The van der Waals surface area contributed by atoms with Crippen LogP contribution in [0.2, 0.25) is 0 Å². The summed E-state index contributed by atoms with van der Waals surface area (Å²) in [6, 6.07) is 84.6. The van der Waals surface area contributed by atoms with Crippen LogP contribution in [-0.4, -0.2) is 0 Å². The van der Waals surface area contributed by atoms with Crippen LogP contribution < -0.4 is 19.6 Å². The Morgan fingerprint density at radius 3 is 1.45 bits per heavy atom. The minimum atomic E-state index is -0.127. The molecule has 0 bridgehead atoms. The lowest BCUT2D eigenvalue weighted by molar-refractivity contribution is 0.603. The monoisotopic (exact) mass is 1090 g/mol. The van der Waals surface area contributed by atoms with Gasteiger partial charge in [0.15, 0.2) is 0 Å². The molecule has 84 heavy (non-hydrogen) atoms. The number of nitrogens with zero attached hydrogens (tertiary/aromatic N) is 4. The molecular weight excluding hydrogens is 1020 g/mol. The Bertz CT molecular complexity index is 4080. The minimum Gasteiger partial charge on any atom is -0.311 e. The first kappa shape index (κ1) is 53.4. The number of fused-ring (bicyclic) bond motifs is 4. The second-order valence-electron chi connectivity index (χ2n) is 23.2. The van der Waals surface area contributed by atoms with E-state index in [2.05, 4.69) is 321 Å². The van der Waals surface area contributed by atoms with Crippen molar-refractivity contribution in [3.8, 4) is 0 Å². The molecule has 2 aliphatic heterocycles. The van der Waals surface area contributed by atoms with Crippen molar-refractivity contribution in [3.63, 3.8) is 0 Å². The average molecular weight is 1090 g/mol. The third-order valence-corrected chi connectivity index (χ3v) is 17.5. The van der Waals surface area contributed by atoms with Gasteiger partial charge in [-0.3, -0.25) is 0 Å². The third-order valence-electron chi connectivity index (χ3n) is 17.5. The van der Waals surface area contributed by atoms with Crippen LogP contribution in [0.4, 0.5) is 56.9 Å². The van der Waals surface area contributed by atoms with E-state index in [1.54, 1.807) is 0 Å². The molecular formula is C80H70N4. The van der Waals surface area contributed by atoms with Gasteiger partial charge in [-0.05, 0) is 197 Å². The van der Waals surface area contributed by atoms with Crippen LogP contribution in [-0.2, 0) is 10.8 Å². The maximum absolute atomic E-state index is 4.31. The molecule has 0 fully saturated rings. The predicted molar refractivity (Wildman–Crippen MR) is 357 cm³/mol. The first-order valence-electron chi connectivity index (χ1n) is 29.6. The van der Waals surface area contributed by atoms with E-state index in [4.69, 9.17) is 0 Å². The summed E-state index contributed by atoms with van der Waals surface area (Å²) in [6.45, 7) is 17.8. The van der Waals surface area contributed by atoms with Gasteiger partial charge in [-0.1, -0.05) is 205 Å². The molecule has 0 saturated carbocycles. The van der Waals surface area contributed by atoms with Gasteiger partial charge in [0.2, 0.25) is 0 Å². The van der Waals surface area contributed by atoms with E-state index < -0.39 is 0 Å². The molecule has 9 aromatic rings. The van der Waals surface area contributed by atoms with Crippen LogP contribution in [0.1, 0.15) is 86.8 Å². The Balaban J connectivity index is 0.875. The van der Waals surface area contributed by atoms with Gasteiger partial charge in [0.25, 0.3) is 0 Å². The molecule has 0 atom stereocenters. The summed E-state index contributed by atoms with van der Waals surface area (Å²) in [5.74, 6) is 0. The highest BCUT2D eigenvalue weighted by molar-refractivity contribution is 6.05. The lowest BCUT2D eigenvalue weighted by Gasteiger charge is -2.45. The van der Waals surface area contributed by atoms with Crippen molar-refractivity contribution in [2.24, 2.45) is 0 Å². The maximum Gasteiger partial charge on any atom is 0.0502 e. The van der Waals surface area contributed by atoms with Gasteiger partial charge in [-0.25, -0.2) is 0 Å². The van der Waals surface area contributed by atoms with Crippen molar-refractivity contribution >= 4 is 68.0 Å². The third kappa shape index (κ3) is 9.58. The maximum atomic E-state index is 4.31. The fraction of sp³-hybridized carbons (Fsp3) is 0.125. The molecule has 0 saturated heterocycles. The first-order valence-corrected chi connectivity index (χ1v) is 29.6. The van der Waals surface area contributed by atoms with E-state index in [0.29, 0.717) is 0 Å². The Morgan fingerprint density at radius 1 is 0.440 bits per heavy atom. The topological polar surface area (TPSA) is 13.0 Å². The highest BCUT2D eigenvalue weighted by atomic mass is 15.2. The summed E-state index contributed by atoms with van der Waals surface area (Å²) in [4.78, 5) is 9.52. The Kier molecular flexibility index (Phi) is 14.3. The van der Waals surface area contributed by atoms with Crippen molar-refractivity contribution in [1.82, 2.24) is 0 Å². The zero-order valence-electron chi connectivity index (χ0n) is 48.6. The van der Waals surface area contributed by atoms with Gasteiger partial charge < -0.3 is 19.6 Å². The fourth-order valence-electron chi connectivity index (χ4n) is 13.4. The molecule has 0 N–H and O–H groups in total. The summed E-state index contributed by atoms with van der Waals surface area (Å²) in [6.07, 6.45) is 21.5. The van der Waals surface area contributed by atoms with Crippen molar-refractivity contribution in [1.29, 1.82) is 0 Å². The van der Waals surface area contributed by atoms with Crippen LogP contribution in [0, 0.1) is 0 Å². The number of allylic oxidation sites excluding steroid dienone is 11. The van der Waals surface area contributed by atoms with Crippen LogP contribution in [0.25, 0.3) is 11.1 Å². The zero-order chi connectivity index (χ0) is 57.4. The Hall–Kier alpha value is -9.90. The van der Waals surface area contributed by atoms with Crippen molar-refractivity contribution in [3.05, 3.63) is 348 Å². The lowest BCUT2D eigenvalue weighted by Crippen LogP contribution is -2.36. The molecule has 0 unspecified atom stereocenters. The number of rotatable bonds is 14. The largest absolute Gasteiger partial charge is 0.311 e. The zero-order valence-corrected chi connectivity index (χ0v) is 48.6.